The standard InChI is InChI=1S/C17H9ClFNO4/c18-12-7-15-14(22-8-23-15)6-10(12)5-13-17(21)24-16(20-13)9-2-1-3-11(19)4-9/h1-7H,8H2/b13-5+. The predicted molar refractivity (Wildman–Crippen MR) is 84.6 cm³/mol. The number of esters is 1. The van der Waals surface area contributed by atoms with Crippen LogP contribution in [0.3, 0.4) is 0 Å². The number of aliphatic imine (C=N–C) groups is 1. The Labute approximate surface area is 140 Å². The van der Waals surface area contributed by atoms with Gasteiger partial charge >= 0.3 is 5.97 Å². The highest BCUT2D eigenvalue weighted by Crippen LogP contribution is 2.37. The Hall–Kier alpha value is -2.86. The summed E-state index contributed by atoms with van der Waals surface area (Å²) in [5.74, 6) is 0.0418. The van der Waals surface area contributed by atoms with Crippen molar-refractivity contribution in [2.45, 2.75) is 0 Å². The molecule has 0 aliphatic carbocycles. The molecule has 0 saturated carbocycles. The van der Waals surface area contributed by atoms with E-state index in [9.17, 15) is 9.18 Å². The van der Waals surface area contributed by atoms with Crippen LogP contribution in [0.2, 0.25) is 5.02 Å². The summed E-state index contributed by atoms with van der Waals surface area (Å²) in [6.07, 6.45) is 1.49. The van der Waals surface area contributed by atoms with Crippen molar-refractivity contribution >= 4 is 29.5 Å². The largest absolute Gasteiger partial charge is 0.454 e. The van der Waals surface area contributed by atoms with Gasteiger partial charge in [0.25, 0.3) is 0 Å². The molecule has 0 unspecified atom stereocenters. The van der Waals surface area contributed by atoms with Gasteiger partial charge in [0.2, 0.25) is 12.7 Å². The third-order valence-electron chi connectivity index (χ3n) is 3.48. The maximum absolute atomic E-state index is 13.3. The van der Waals surface area contributed by atoms with Crippen LogP contribution in [0.1, 0.15) is 11.1 Å². The summed E-state index contributed by atoms with van der Waals surface area (Å²) >= 11 is 6.18. The molecule has 4 rings (SSSR count). The number of nitrogens with zero attached hydrogens (tertiary/aromatic N) is 1. The van der Waals surface area contributed by atoms with Crippen LogP contribution < -0.4 is 9.47 Å². The number of hydrogen-bond donors (Lipinski definition) is 0. The van der Waals surface area contributed by atoms with E-state index in [1.165, 1.54) is 24.3 Å². The molecule has 7 heteroatoms. The molecule has 0 atom stereocenters. The van der Waals surface area contributed by atoms with Crippen LogP contribution in [-0.4, -0.2) is 18.7 Å². The van der Waals surface area contributed by atoms with Crippen molar-refractivity contribution in [3.05, 3.63) is 64.1 Å². The van der Waals surface area contributed by atoms with Crippen molar-refractivity contribution in [1.29, 1.82) is 0 Å². The first-order chi connectivity index (χ1) is 11.6. The van der Waals surface area contributed by atoms with Gasteiger partial charge in [-0.3, -0.25) is 0 Å². The number of hydrogen-bond acceptors (Lipinski definition) is 5. The molecular formula is C17H9ClFNO4. The average Bonchev–Trinajstić information content (AvgIpc) is 3.14. The van der Waals surface area contributed by atoms with Crippen LogP contribution >= 0.6 is 11.6 Å². The normalized spacial score (nSPS) is 17.2. The lowest BCUT2D eigenvalue weighted by Crippen LogP contribution is -2.05. The lowest BCUT2D eigenvalue weighted by Gasteiger charge is -2.01. The molecule has 0 radical (unpaired) electrons. The Kier molecular flexibility index (Phi) is 3.46. The first-order valence-electron chi connectivity index (χ1n) is 6.98. The van der Waals surface area contributed by atoms with E-state index in [2.05, 4.69) is 4.99 Å². The molecule has 2 aromatic carbocycles. The van der Waals surface area contributed by atoms with E-state index in [1.54, 1.807) is 18.2 Å². The molecule has 2 aliphatic heterocycles. The smallest absolute Gasteiger partial charge is 0.363 e. The van der Waals surface area contributed by atoms with Crippen LogP contribution in [0.25, 0.3) is 6.08 Å². The summed E-state index contributed by atoms with van der Waals surface area (Å²) in [6.45, 7) is 0.121. The summed E-state index contributed by atoms with van der Waals surface area (Å²) in [5, 5.41) is 0.383. The van der Waals surface area contributed by atoms with Gasteiger partial charge in [0, 0.05) is 11.6 Å². The number of carbonyl (C=O) groups is 1. The van der Waals surface area contributed by atoms with Gasteiger partial charge < -0.3 is 14.2 Å². The third-order valence-corrected chi connectivity index (χ3v) is 3.80. The van der Waals surface area contributed by atoms with Gasteiger partial charge in [0.05, 0.1) is 5.02 Å². The van der Waals surface area contributed by atoms with Crippen LogP contribution in [0.4, 0.5) is 4.39 Å². The van der Waals surface area contributed by atoms with E-state index < -0.39 is 11.8 Å². The monoisotopic (exact) mass is 345 g/mol. The van der Waals surface area contributed by atoms with E-state index >= 15 is 0 Å². The SMILES string of the molecule is O=C1OC(c2cccc(F)c2)=N/C1=C/c1cc2c(cc1Cl)OCO2. The molecule has 0 amide bonds. The van der Waals surface area contributed by atoms with Gasteiger partial charge in [0.15, 0.2) is 17.2 Å². The summed E-state index contributed by atoms with van der Waals surface area (Å²) < 4.78 is 28.9. The maximum Gasteiger partial charge on any atom is 0.363 e. The van der Waals surface area contributed by atoms with Crippen molar-refractivity contribution in [1.82, 2.24) is 0 Å². The van der Waals surface area contributed by atoms with E-state index in [0.29, 0.717) is 27.6 Å². The fourth-order valence-corrected chi connectivity index (χ4v) is 2.55. The van der Waals surface area contributed by atoms with Gasteiger partial charge in [-0.05, 0) is 35.9 Å². The lowest BCUT2D eigenvalue weighted by atomic mass is 10.1. The number of fused-ring (bicyclic) bond motifs is 1. The van der Waals surface area contributed by atoms with Crippen LogP contribution in [0.5, 0.6) is 11.5 Å². The highest BCUT2D eigenvalue weighted by atomic mass is 35.5. The summed E-state index contributed by atoms with van der Waals surface area (Å²) in [4.78, 5) is 16.1. The number of carbonyl (C=O) groups excluding carboxylic acids is 1. The van der Waals surface area contributed by atoms with Gasteiger partial charge in [-0.1, -0.05) is 17.7 Å². The van der Waals surface area contributed by atoms with Crippen molar-refractivity contribution in [2.75, 3.05) is 6.79 Å². The van der Waals surface area contributed by atoms with Gasteiger partial charge in [-0.25, -0.2) is 14.2 Å². The van der Waals surface area contributed by atoms with Crippen LogP contribution in [-0.2, 0) is 9.53 Å². The average molecular weight is 346 g/mol. The Balaban J connectivity index is 1.71. The van der Waals surface area contributed by atoms with Crippen molar-refractivity contribution in [3.63, 3.8) is 0 Å². The minimum Gasteiger partial charge on any atom is -0.454 e. The molecule has 2 aliphatic rings. The Bertz CT molecular complexity index is 923. The topological polar surface area (TPSA) is 57.1 Å². The van der Waals surface area contributed by atoms with Crippen molar-refractivity contribution in [3.8, 4) is 11.5 Å². The zero-order chi connectivity index (χ0) is 16.7. The summed E-state index contributed by atoms with van der Waals surface area (Å²) in [7, 11) is 0. The lowest BCUT2D eigenvalue weighted by molar-refractivity contribution is -0.129. The molecule has 120 valence electrons. The van der Waals surface area contributed by atoms with Gasteiger partial charge in [-0.2, -0.15) is 0 Å². The predicted octanol–water partition coefficient (Wildman–Crippen LogP) is 3.55. The molecule has 2 aromatic rings. The Morgan fingerprint density at radius 3 is 2.75 bits per heavy atom. The molecule has 0 aromatic heterocycles. The molecule has 0 saturated heterocycles. The number of benzene rings is 2. The Morgan fingerprint density at radius 2 is 1.96 bits per heavy atom. The summed E-state index contributed by atoms with van der Waals surface area (Å²) in [5.41, 5.74) is 0.982. The highest BCUT2D eigenvalue weighted by molar-refractivity contribution is 6.32. The van der Waals surface area contributed by atoms with E-state index in [4.69, 9.17) is 25.8 Å². The second-order valence-corrected chi connectivity index (χ2v) is 5.48. The second-order valence-electron chi connectivity index (χ2n) is 5.07. The number of ether oxygens (including phenoxy) is 3. The van der Waals surface area contributed by atoms with Gasteiger partial charge in [-0.15, -0.1) is 0 Å². The molecule has 0 fully saturated rings. The Morgan fingerprint density at radius 1 is 1.17 bits per heavy atom. The fourth-order valence-electron chi connectivity index (χ4n) is 2.34. The third kappa shape index (κ3) is 2.61. The first kappa shape index (κ1) is 14.7. The van der Waals surface area contributed by atoms with Crippen molar-refractivity contribution in [2.24, 2.45) is 4.99 Å². The van der Waals surface area contributed by atoms with Crippen molar-refractivity contribution < 1.29 is 23.4 Å². The minimum absolute atomic E-state index is 0.0441. The quantitative estimate of drug-likeness (QED) is 0.617. The van der Waals surface area contributed by atoms with Crippen LogP contribution in [0, 0.1) is 5.82 Å². The number of halogens is 2. The van der Waals surface area contributed by atoms with E-state index in [1.807, 2.05) is 0 Å². The molecule has 0 spiro atoms. The molecule has 0 bridgehead atoms. The van der Waals surface area contributed by atoms with E-state index in [0.717, 1.165) is 0 Å². The van der Waals surface area contributed by atoms with E-state index in [-0.39, 0.29) is 18.4 Å². The molecule has 5 nitrogen and oxygen atoms in total. The zero-order valence-electron chi connectivity index (χ0n) is 12.1. The molecule has 0 N–H and O–H groups in total. The fraction of sp³-hybridized carbons (Fsp3) is 0.0588. The maximum atomic E-state index is 13.3. The first-order valence-corrected chi connectivity index (χ1v) is 7.35. The zero-order valence-corrected chi connectivity index (χ0v) is 12.8. The minimum atomic E-state index is -0.636. The molecule has 2 heterocycles. The van der Waals surface area contributed by atoms with Gasteiger partial charge in [0.1, 0.15) is 5.82 Å². The second kappa shape index (κ2) is 5.65. The summed E-state index contributed by atoms with van der Waals surface area (Å²) in [6, 6.07) is 8.91. The molecule has 24 heavy (non-hydrogen) atoms. The van der Waals surface area contributed by atoms with Crippen LogP contribution in [0.15, 0.2) is 47.1 Å². The highest BCUT2D eigenvalue weighted by Gasteiger charge is 2.25. The number of cyclic esters (lactones) is 1. The number of rotatable bonds is 2. The molecular weight excluding hydrogens is 337 g/mol.